The van der Waals surface area contributed by atoms with Crippen LogP contribution in [-0.2, 0) is 0 Å². The first-order chi connectivity index (χ1) is 11.2. The van der Waals surface area contributed by atoms with Gasteiger partial charge < -0.3 is 14.9 Å². The van der Waals surface area contributed by atoms with Gasteiger partial charge in [-0.15, -0.1) is 0 Å². The lowest BCUT2D eigenvalue weighted by Crippen LogP contribution is -2.46. The summed E-state index contributed by atoms with van der Waals surface area (Å²) in [6.07, 6.45) is 0. The second kappa shape index (κ2) is 5.70. The molecule has 1 saturated heterocycles. The molecule has 118 valence electrons. The maximum absolute atomic E-state index is 13.3. The van der Waals surface area contributed by atoms with E-state index in [1.165, 1.54) is 23.5 Å². The van der Waals surface area contributed by atoms with E-state index in [1.54, 1.807) is 12.1 Å². The van der Waals surface area contributed by atoms with Crippen LogP contribution < -0.4 is 9.80 Å². The fourth-order valence-corrected chi connectivity index (χ4v) is 3.93. The maximum atomic E-state index is 13.3. The normalized spacial score (nSPS) is 15.3. The largest absolute Gasteiger partial charge is 0.506 e. The van der Waals surface area contributed by atoms with Gasteiger partial charge in [-0.2, -0.15) is 0 Å². The van der Waals surface area contributed by atoms with E-state index in [-0.39, 0.29) is 5.82 Å². The highest BCUT2D eigenvalue weighted by molar-refractivity contribution is 7.22. The van der Waals surface area contributed by atoms with E-state index in [9.17, 15) is 9.50 Å². The molecule has 1 aromatic heterocycles. The highest BCUT2D eigenvalue weighted by atomic mass is 32.1. The molecule has 1 N–H and O–H groups in total. The van der Waals surface area contributed by atoms with Gasteiger partial charge in [0, 0.05) is 26.2 Å². The van der Waals surface area contributed by atoms with Crippen LogP contribution in [-0.4, -0.2) is 36.3 Å². The zero-order valence-electron chi connectivity index (χ0n) is 12.4. The number of thiazole rings is 1. The molecule has 0 saturated carbocycles. The lowest BCUT2D eigenvalue weighted by molar-refractivity contribution is 0.472. The number of fused-ring (bicyclic) bond motifs is 1. The number of anilines is 2. The van der Waals surface area contributed by atoms with Gasteiger partial charge in [-0.1, -0.05) is 23.5 Å². The van der Waals surface area contributed by atoms with Gasteiger partial charge >= 0.3 is 0 Å². The van der Waals surface area contributed by atoms with Gasteiger partial charge in [-0.25, -0.2) is 9.37 Å². The Morgan fingerprint density at radius 2 is 1.74 bits per heavy atom. The smallest absolute Gasteiger partial charge is 0.186 e. The molecular formula is C17H16FN3OS. The van der Waals surface area contributed by atoms with Gasteiger partial charge in [0.1, 0.15) is 11.6 Å². The Bertz CT molecular complexity index is 843. The molecule has 0 amide bonds. The molecule has 6 heteroatoms. The number of hydrogen-bond acceptors (Lipinski definition) is 5. The standard InChI is InChI=1S/C17H16FN3OS/c18-12-5-6-13-16(11-12)23-17(19-13)21-9-7-20(8-10-21)14-3-1-2-4-15(14)22/h1-6,11,22H,7-10H2. The lowest BCUT2D eigenvalue weighted by atomic mass is 10.2. The molecule has 4 nitrogen and oxygen atoms in total. The molecule has 2 heterocycles. The quantitative estimate of drug-likeness (QED) is 0.781. The Hall–Kier alpha value is -2.34. The number of rotatable bonds is 2. The fourth-order valence-electron chi connectivity index (χ4n) is 2.89. The number of phenolic OH excluding ortho intramolecular Hbond substituents is 1. The minimum atomic E-state index is -0.225. The van der Waals surface area contributed by atoms with Crippen LogP contribution >= 0.6 is 11.3 Å². The Balaban J connectivity index is 1.51. The molecule has 3 aromatic rings. The van der Waals surface area contributed by atoms with E-state index in [0.29, 0.717) is 5.75 Å². The van der Waals surface area contributed by atoms with E-state index in [2.05, 4.69) is 14.8 Å². The number of phenols is 1. The molecule has 4 rings (SSSR count). The molecule has 0 aliphatic carbocycles. The number of nitrogens with zero attached hydrogens (tertiary/aromatic N) is 3. The van der Waals surface area contributed by atoms with Crippen LogP contribution in [0.3, 0.4) is 0 Å². The summed E-state index contributed by atoms with van der Waals surface area (Å²) >= 11 is 1.53. The highest BCUT2D eigenvalue weighted by Gasteiger charge is 2.21. The topological polar surface area (TPSA) is 39.6 Å². The predicted octanol–water partition coefficient (Wildman–Crippen LogP) is 3.47. The van der Waals surface area contributed by atoms with Gasteiger partial charge in [0.25, 0.3) is 0 Å². The third-order valence-electron chi connectivity index (χ3n) is 4.11. The monoisotopic (exact) mass is 329 g/mol. The molecular weight excluding hydrogens is 313 g/mol. The average molecular weight is 329 g/mol. The highest BCUT2D eigenvalue weighted by Crippen LogP contribution is 2.32. The molecule has 0 unspecified atom stereocenters. The van der Waals surface area contributed by atoms with Crippen LogP contribution in [0.4, 0.5) is 15.2 Å². The number of halogens is 1. The Kier molecular flexibility index (Phi) is 3.53. The molecule has 0 radical (unpaired) electrons. The van der Waals surface area contributed by atoms with Crippen molar-refractivity contribution < 1.29 is 9.50 Å². The van der Waals surface area contributed by atoms with Crippen LogP contribution in [0.15, 0.2) is 42.5 Å². The summed E-state index contributed by atoms with van der Waals surface area (Å²) in [6, 6.07) is 12.1. The Labute approximate surface area is 137 Å². The molecule has 0 spiro atoms. The second-order valence-electron chi connectivity index (χ2n) is 5.57. The summed E-state index contributed by atoms with van der Waals surface area (Å²) in [5.74, 6) is 0.0912. The van der Waals surface area contributed by atoms with E-state index in [4.69, 9.17) is 0 Å². The summed E-state index contributed by atoms with van der Waals surface area (Å²) in [6.45, 7) is 3.30. The number of piperazine rings is 1. The first-order valence-corrected chi connectivity index (χ1v) is 8.36. The second-order valence-corrected chi connectivity index (χ2v) is 6.58. The van der Waals surface area contributed by atoms with E-state index in [0.717, 1.165) is 47.2 Å². The van der Waals surface area contributed by atoms with Crippen LogP contribution in [0.5, 0.6) is 5.75 Å². The number of para-hydroxylation sites is 2. The summed E-state index contributed by atoms with van der Waals surface area (Å²) in [5.41, 5.74) is 1.72. The molecule has 1 aliphatic rings. The van der Waals surface area contributed by atoms with E-state index >= 15 is 0 Å². The number of benzene rings is 2. The number of aromatic hydroxyl groups is 1. The van der Waals surface area contributed by atoms with Crippen LogP contribution in [0.25, 0.3) is 10.2 Å². The molecule has 23 heavy (non-hydrogen) atoms. The molecule has 1 fully saturated rings. The number of aromatic nitrogens is 1. The maximum Gasteiger partial charge on any atom is 0.186 e. The summed E-state index contributed by atoms with van der Waals surface area (Å²) in [7, 11) is 0. The van der Waals surface area contributed by atoms with Crippen molar-refractivity contribution >= 4 is 32.4 Å². The van der Waals surface area contributed by atoms with E-state index < -0.39 is 0 Å². The molecule has 0 atom stereocenters. The van der Waals surface area contributed by atoms with Crippen LogP contribution in [0.2, 0.25) is 0 Å². The Morgan fingerprint density at radius 3 is 2.52 bits per heavy atom. The van der Waals surface area contributed by atoms with Gasteiger partial charge in [0.05, 0.1) is 15.9 Å². The van der Waals surface area contributed by atoms with Crippen molar-refractivity contribution in [3.8, 4) is 5.75 Å². The fraction of sp³-hybridized carbons (Fsp3) is 0.235. The average Bonchev–Trinajstić information content (AvgIpc) is 2.98. The number of hydrogen-bond donors (Lipinski definition) is 1. The lowest BCUT2D eigenvalue weighted by Gasteiger charge is -2.36. The summed E-state index contributed by atoms with van der Waals surface area (Å²) in [4.78, 5) is 9.00. The van der Waals surface area contributed by atoms with Gasteiger partial charge in [-0.05, 0) is 30.3 Å². The van der Waals surface area contributed by atoms with E-state index in [1.807, 2.05) is 18.2 Å². The molecule has 2 aromatic carbocycles. The third-order valence-corrected chi connectivity index (χ3v) is 5.19. The molecule has 1 aliphatic heterocycles. The van der Waals surface area contributed by atoms with Gasteiger partial charge in [0.15, 0.2) is 5.13 Å². The van der Waals surface area contributed by atoms with Crippen molar-refractivity contribution in [3.05, 3.63) is 48.3 Å². The van der Waals surface area contributed by atoms with Crippen LogP contribution in [0, 0.1) is 5.82 Å². The molecule has 0 bridgehead atoms. The van der Waals surface area contributed by atoms with Gasteiger partial charge in [0.2, 0.25) is 0 Å². The van der Waals surface area contributed by atoms with Crippen molar-refractivity contribution in [1.29, 1.82) is 0 Å². The van der Waals surface area contributed by atoms with Crippen molar-refractivity contribution in [1.82, 2.24) is 4.98 Å². The SMILES string of the molecule is Oc1ccccc1N1CCN(c2nc3ccc(F)cc3s2)CC1. The van der Waals surface area contributed by atoms with Crippen molar-refractivity contribution in [3.63, 3.8) is 0 Å². The Morgan fingerprint density at radius 1 is 1.00 bits per heavy atom. The van der Waals surface area contributed by atoms with Crippen molar-refractivity contribution in [2.24, 2.45) is 0 Å². The first kappa shape index (κ1) is 14.3. The zero-order chi connectivity index (χ0) is 15.8. The summed E-state index contributed by atoms with van der Waals surface area (Å²) < 4.78 is 14.2. The minimum absolute atomic E-state index is 0.225. The zero-order valence-corrected chi connectivity index (χ0v) is 13.3. The third kappa shape index (κ3) is 2.70. The summed E-state index contributed by atoms with van der Waals surface area (Å²) in [5, 5.41) is 10.9. The van der Waals surface area contributed by atoms with Crippen molar-refractivity contribution in [2.45, 2.75) is 0 Å². The van der Waals surface area contributed by atoms with Crippen LogP contribution in [0.1, 0.15) is 0 Å². The minimum Gasteiger partial charge on any atom is -0.506 e. The predicted molar refractivity (Wildman–Crippen MR) is 92.1 cm³/mol. The van der Waals surface area contributed by atoms with Crippen molar-refractivity contribution in [2.75, 3.05) is 36.0 Å². The first-order valence-electron chi connectivity index (χ1n) is 7.55. The van der Waals surface area contributed by atoms with Gasteiger partial charge in [-0.3, -0.25) is 0 Å².